The second-order valence-electron chi connectivity index (χ2n) is 5.05. The Balaban J connectivity index is 2.01. The zero-order chi connectivity index (χ0) is 13.6. The van der Waals surface area contributed by atoms with Crippen LogP contribution in [0.25, 0.3) is 11.0 Å². The highest BCUT2D eigenvalue weighted by atomic mass is 19.4. The van der Waals surface area contributed by atoms with Crippen molar-refractivity contribution in [1.82, 2.24) is 9.97 Å². The lowest BCUT2D eigenvalue weighted by Gasteiger charge is -2.11. The molecule has 2 atom stereocenters. The van der Waals surface area contributed by atoms with E-state index in [0.717, 1.165) is 31.4 Å². The van der Waals surface area contributed by atoms with E-state index in [9.17, 15) is 13.2 Å². The van der Waals surface area contributed by atoms with Crippen molar-refractivity contribution in [2.75, 3.05) is 0 Å². The van der Waals surface area contributed by atoms with Gasteiger partial charge in [-0.3, -0.25) is 0 Å². The van der Waals surface area contributed by atoms with Gasteiger partial charge in [0.05, 0.1) is 16.6 Å². The molecule has 0 bridgehead atoms. The average molecular weight is 269 g/mol. The summed E-state index contributed by atoms with van der Waals surface area (Å²) >= 11 is 0. The third kappa shape index (κ3) is 2.20. The second-order valence-corrected chi connectivity index (χ2v) is 5.05. The van der Waals surface area contributed by atoms with Gasteiger partial charge in [0.15, 0.2) is 0 Å². The van der Waals surface area contributed by atoms with Crippen molar-refractivity contribution < 1.29 is 13.2 Å². The molecule has 3 N–H and O–H groups in total. The van der Waals surface area contributed by atoms with E-state index in [2.05, 4.69) is 9.97 Å². The molecule has 1 aliphatic rings. The number of H-pyrrole nitrogens is 1. The number of alkyl halides is 3. The van der Waals surface area contributed by atoms with Gasteiger partial charge in [-0.1, -0.05) is 6.42 Å². The number of hydrogen-bond donors (Lipinski definition) is 2. The fourth-order valence-corrected chi connectivity index (χ4v) is 2.71. The van der Waals surface area contributed by atoms with E-state index in [1.54, 1.807) is 0 Å². The second kappa shape index (κ2) is 4.23. The van der Waals surface area contributed by atoms with Gasteiger partial charge in [0, 0.05) is 12.0 Å². The van der Waals surface area contributed by atoms with Crippen LogP contribution in [0.3, 0.4) is 0 Å². The van der Waals surface area contributed by atoms with E-state index >= 15 is 0 Å². The molecule has 0 aliphatic heterocycles. The predicted molar refractivity (Wildman–Crippen MR) is 65.7 cm³/mol. The number of nitrogens with zero attached hydrogens (tertiary/aromatic N) is 1. The Labute approximate surface area is 108 Å². The maximum atomic E-state index is 12.6. The highest BCUT2D eigenvalue weighted by Gasteiger charge is 2.32. The smallest absolute Gasteiger partial charge is 0.342 e. The maximum Gasteiger partial charge on any atom is 0.416 e. The lowest BCUT2D eigenvalue weighted by molar-refractivity contribution is -0.137. The topological polar surface area (TPSA) is 54.7 Å². The van der Waals surface area contributed by atoms with Crippen molar-refractivity contribution in [2.45, 2.75) is 37.4 Å². The summed E-state index contributed by atoms with van der Waals surface area (Å²) in [4.78, 5) is 7.35. The van der Waals surface area contributed by atoms with Gasteiger partial charge in [0.25, 0.3) is 0 Å². The molecule has 1 saturated carbocycles. The molecule has 2 aromatic rings. The molecule has 1 heterocycles. The van der Waals surface area contributed by atoms with Crippen molar-refractivity contribution in [1.29, 1.82) is 0 Å². The molecule has 0 saturated heterocycles. The fourth-order valence-electron chi connectivity index (χ4n) is 2.71. The minimum absolute atomic E-state index is 0.0441. The zero-order valence-electron chi connectivity index (χ0n) is 10.2. The van der Waals surface area contributed by atoms with Crippen LogP contribution in [0.1, 0.15) is 36.6 Å². The van der Waals surface area contributed by atoms with Crippen LogP contribution >= 0.6 is 0 Å². The van der Waals surface area contributed by atoms with E-state index < -0.39 is 11.7 Å². The molecule has 0 amide bonds. The molecular formula is C13H14F3N3. The minimum Gasteiger partial charge on any atom is -0.342 e. The van der Waals surface area contributed by atoms with Crippen LogP contribution in [0.2, 0.25) is 0 Å². The molecule has 1 aromatic heterocycles. The Hall–Kier alpha value is -1.56. The number of benzene rings is 1. The van der Waals surface area contributed by atoms with Crippen LogP contribution in [-0.2, 0) is 6.18 Å². The van der Waals surface area contributed by atoms with E-state index in [0.29, 0.717) is 16.9 Å². The highest BCUT2D eigenvalue weighted by Crippen LogP contribution is 2.34. The Kier molecular flexibility index (Phi) is 2.78. The molecule has 2 unspecified atom stereocenters. The first-order valence-electron chi connectivity index (χ1n) is 6.27. The summed E-state index contributed by atoms with van der Waals surface area (Å²) in [6.07, 6.45) is -1.41. The summed E-state index contributed by atoms with van der Waals surface area (Å²) in [5, 5.41) is 0. The Morgan fingerprint density at radius 1 is 1.26 bits per heavy atom. The van der Waals surface area contributed by atoms with Gasteiger partial charge in [0.2, 0.25) is 0 Å². The van der Waals surface area contributed by atoms with Crippen molar-refractivity contribution >= 4 is 11.0 Å². The zero-order valence-corrected chi connectivity index (χ0v) is 10.2. The monoisotopic (exact) mass is 269 g/mol. The average Bonchev–Trinajstić information content (AvgIpc) is 2.91. The summed E-state index contributed by atoms with van der Waals surface area (Å²) in [6.45, 7) is 0. The number of aromatic amines is 1. The van der Waals surface area contributed by atoms with Crippen LogP contribution in [0.15, 0.2) is 18.2 Å². The van der Waals surface area contributed by atoms with Gasteiger partial charge < -0.3 is 10.7 Å². The molecule has 0 spiro atoms. The van der Waals surface area contributed by atoms with Crippen LogP contribution in [-0.4, -0.2) is 16.0 Å². The van der Waals surface area contributed by atoms with Crippen LogP contribution in [0.5, 0.6) is 0 Å². The number of aromatic nitrogens is 2. The van der Waals surface area contributed by atoms with E-state index in [-0.39, 0.29) is 12.0 Å². The first-order chi connectivity index (χ1) is 8.95. The molecule has 0 radical (unpaired) electrons. The molecule has 102 valence electrons. The molecular weight excluding hydrogens is 255 g/mol. The van der Waals surface area contributed by atoms with Crippen molar-refractivity contribution in [2.24, 2.45) is 5.73 Å². The molecule has 3 rings (SSSR count). The molecule has 3 nitrogen and oxygen atoms in total. The van der Waals surface area contributed by atoms with E-state index in [1.165, 1.54) is 6.07 Å². The Morgan fingerprint density at radius 3 is 2.68 bits per heavy atom. The lowest BCUT2D eigenvalue weighted by Crippen LogP contribution is -2.23. The van der Waals surface area contributed by atoms with Gasteiger partial charge in [0.1, 0.15) is 5.82 Å². The summed E-state index contributed by atoms with van der Waals surface area (Å²) in [5.41, 5.74) is 6.31. The van der Waals surface area contributed by atoms with E-state index in [4.69, 9.17) is 5.73 Å². The largest absolute Gasteiger partial charge is 0.416 e. The third-order valence-electron chi connectivity index (χ3n) is 3.75. The van der Waals surface area contributed by atoms with Gasteiger partial charge in [-0.2, -0.15) is 13.2 Å². The Morgan fingerprint density at radius 2 is 2.05 bits per heavy atom. The Bertz CT molecular complexity index is 603. The fraction of sp³-hybridized carbons (Fsp3) is 0.462. The number of fused-ring (bicyclic) bond motifs is 1. The summed E-state index contributed by atoms with van der Waals surface area (Å²) in [7, 11) is 0. The molecule has 1 aliphatic carbocycles. The van der Waals surface area contributed by atoms with Crippen molar-refractivity contribution in [3.63, 3.8) is 0 Å². The standard InChI is InChI=1S/C13H14F3N3/c14-13(15,16)7-4-5-10-11(6-7)19-12(18-10)8-2-1-3-9(8)17/h4-6,8-9H,1-3,17H2,(H,18,19). The van der Waals surface area contributed by atoms with Crippen molar-refractivity contribution in [3.8, 4) is 0 Å². The van der Waals surface area contributed by atoms with Gasteiger partial charge >= 0.3 is 6.18 Å². The van der Waals surface area contributed by atoms with E-state index in [1.807, 2.05) is 0 Å². The van der Waals surface area contributed by atoms with Gasteiger partial charge in [-0.05, 0) is 31.0 Å². The van der Waals surface area contributed by atoms with Crippen LogP contribution in [0, 0.1) is 0 Å². The first kappa shape index (κ1) is 12.5. The van der Waals surface area contributed by atoms with Crippen molar-refractivity contribution in [3.05, 3.63) is 29.6 Å². The SMILES string of the molecule is NC1CCCC1c1nc2ccc(C(F)(F)F)cc2[nH]1. The number of imidazole rings is 1. The van der Waals surface area contributed by atoms with Crippen LogP contribution < -0.4 is 5.73 Å². The minimum atomic E-state index is -4.33. The first-order valence-corrected chi connectivity index (χ1v) is 6.27. The molecule has 1 fully saturated rings. The normalized spacial score (nSPS) is 24.2. The molecule has 6 heteroatoms. The summed E-state index contributed by atoms with van der Waals surface area (Å²) < 4.78 is 37.9. The third-order valence-corrected chi connectivity index (χ3v) is 3.75. The molecule has 1 aromatic carbocycles. The maximum absolute atomic E-state index is 12.6. The molecule has 19 heavy (non-hydrogen) atoms. The summed E-state index contributed by atoms with van der Waals surface area (Å²) in [5.74, 6) is 0.834. The quantitative estimate of drug-likeness (QED) is 0.835. The lowest BCUT2D eigenvalue weighted by atomic mass is 10.0. The van der Waals surface area contributed by atoms with Crippen LogP contribution in [0.4, 0.5) is 13.2 Å². The predicted octanol–water partition coefficient (Wildman–Crippen LogP) is 3.18. The highest BCUT2D eigenvalue weighted by molar-refractivity contribution is 5.76. The summed E-state index contributed by atoms with van der Waals surface area (Å²) in [6, 6.07) is 3.61. The number of rotatable bonds is 1. The van der Waals surface area contributed by atoms with Gasteiger partial charge in [-0.15, -0.1) is 0 Å². The number of nitrogens with two attached hydrogens (primary N) is 1. The number of halogens is 3. The number of nitrogens with one attached hydrogen (secondary N) is 1. The van der Waals surface area contributed by atoms with Gasteiger partial charge in [-0.25, -0.2) is 4.98 Å². The number of hydrogen-bond acceptors (Lipinski definition) is 2.